The summed E-state index contributed by atoms with van der Waals surface area (Å²) < 4.78 is 1.04. The Labute approximate surface area is 110 Å². The number of hydrogen-bond donors (Lipinski definition) is 0. The first-order valence-electron chi connectivity index (χ1n) is 5.21. The SMILES string of the molecule is CCCCN(C)CC(=O)c1cc(Cl)sc1Cl. The number of halogens is 2. The molecule has 5 heteroatoms. The van der Waals surface area contributed by atoms with Crippen molar-refractivity contribution in [3.8, 4) is 0 Å². The average Bonchev–Trinajstić information content (AvgIpc) is 2.54. The summed E-state index contributed by atoms with van der Waals surface area (Å²) in [7, 11) is 1.94. The van der Waals surface area contributed by atoms with E-state index in [-0.39, 0.29) is 5.78 Å². The van der Waals surface area contributed by atoms with Gasteiger partial charge in [-0.1, -0.05) is 36.5 Å². The van der Waals surface area contributed by atoms with Gasteiger partial charge in [0.25, 0.3) is 0 Å². The number of likely N-dealkylation sites (N-methyl/N-ethyl adjacent to an activating group) is 1. The summed E-state index contributed by atoms with van der Waals surface area (Å²) in [6, 6.07) is 1.64. The lowest BCUT2D eigenvalue weighted by Crippen LogP contribution is -2.26. The number of Topliss-reactive ketones (excluding diaryl/α,β-unsaturated/α-hetero) is 1. The first-order chi connectivity index (χ1) is 7.54. The van der Waals surface area contributed by atoms with Crippen molar-refractivity contribution in [2.45, 2.75) is 19.8 Å². The van der Waals surface area contributed by atoms with E-state index in [1.54, 1.807) is 6.07 Å². The van der Waals surface area contributed by atoms with Crippen molar-refractivity contribution in [3.63, 3.8) is 0 Å². The molecular weight excluding hydrogens is 265 g/mol. The van der Waals surface area contributed by atoms with Gasteiger partial charge < -0.3 is 0 Å². The molecule has 1 rings (SSSR count). The molecule has 0 aliphatic carbocycles. The minimum absolute atomic E-state index is 0.0340. The van der Waals surface area contributed by atoms with Crippen molar-refractivity contribution < 1.29 is 4.79 Å². The lowest BCUT2D eigenvalue weighted by molar-refractivity contribution is 0.0946. The van der Waals surface area contributed by atoms with Gasteiger partial charge in [0.2, 0.25) is 0 Å². The van der Waals surface area contributed by atoms with E-state index < -0.39 is 0 Å². The van der Waals surface area contributed by atoms with E-state index in [9.17, 15) is 4.79 Å². The van der Waals surface area contributed by atoms with Gasteiger partial charge in [0.1, 0.15) is 4.34 Å². The molecule has 0 saturated carbocycles. The van der Waals surface area contributed by atoms with E-state index in [4.69, 9.17) is 23.2 Å². The van der Waals surface area contributed by atoms with Crippen LogP contribution in [0.4, 0.5) is 0 Å². The van der Waals surface area contributed by atoms with Crippen LogP contribution in [0.2, 0.25) is 8.67 Å². The zero-order chi connectivity index (χ0) is 12.1. The summed E-state index contributed by atoms with van der Waals surface area (Å²) in [4.78, 5) is 13.9. The predicted molar refractivity (Wildman–Crippen MR) is 71.1 cm³/mol. The molecule has 2 nitrogen and oxygen atoms in total. The van der Waals surface area contributed by atoms with Crippen LogP contribution in [0.5, 0.6) is 0 Å². The van der Waals surface area contributed by atoms with Crippen LogP contribution >= 0.6 is 34.5 Å². The normalized spacial score (nSPS) is 11.1. The van der Waals surface area contributed by atoms with Gasteiger partial charge >= 0.3 is 0 Å². The second-order valence-electron chi connectivity index (χ2n) is 3.75. The summed E-state index contributed by atoms with van der Waals surface area (Å²) in [5.41, 5.74) is 0.542. The molecular formula is C11H15Cl2NOS. The standard InChI is InChI=1S/C11H15Cl2NOS/c1-3-4-5-14(2)7-9(15)8-6-10(12)16-11(8)13/h6H,3-5,7H2,1-2H3. The topological polar surface area (TPSA) is 20.3 Å². The number of carbonyl (C=O) groups excluding carboxylic acids is 1. The van der Waals surface area contributed by atoms with Gasteiger partial charge in [-0.3, -0.25) is 9.69 Å². The molecule has 0 spiro atoms. The van der Waals surface area contributed by atoms with Crippen molar-refractivity contribution in [3.05, 3.63) is 20.3 Å². The molecule has 1 aromatic rings. The molecule has 0 bridgehead atoms. The fourth-order valence-electron chi connectivity index (χ4n) is 1.37. The van der Waals surface area contributed by atoms with Crippen molar-refractivity contribution in [1.82, 2.24) is 4.90 Å². The van der Waals surface area contributed by atoms with E-state index in [1.807, 2.05) is 11.9 Å². The molecule has 0 amide bonds. The summed E-state index contributed by atoms with van der Waals surface area (Å²) in [5, 5.41) is 0. The molecule has 0 aliphatic rings. The van der Waals surface area contributed by atoms with Crippen LogP contribution in [-0.4, -0.2) is 30.8 Å². The van der Waals surface area contributed by atoms with Gasteiger partial charge in [-0.2, -0.15) is 0 Å². The van der Waals surface area contributed by atoms with Crippen LogP contribution in [0.1, 0.15) is 30.1 Å². The number of carbonyl (C=O) groups is 1. The van der Waals surface area contributed by atoms with Gasteiger partial charge in [0.15, 0.2) is 5.78 Å². The van der Waals surface area contributed by atoms with Crippen LogP contribution in [0, 0.1) is 0 Å². The summed E-state index contributed by atoms with van der Waals surface area (Å²) in [6.45, 7) is 3.45. The molecule has 0 fully saturated rings. The molecule has 0 N–H and O–H groups in total. The summed E-state index contributed by atoms with van der Waals surface area (Å²) >= 11 is 13.0. The van der Waals surface area contributed by atoms with E-state index >= 15 is 0 Å². The maximum absolute atomic E-state index is 11.9. The molecule has 16 heavy (non-hydrogen) atoms. The Hall–Kier alpha value is -0.0900. The highest BCUT2D eigenvalue weighted by Crippen LogP contribution is 2.31. The molecule has 90 valence electrons. The van der Waals surface area contributed by atoms with E-state index in [0.29, 0.717) is 20.8 Å². The van der Waals surface area contributed by atoms with Crippen molar-refractivity contribution in [1.29, 1.82) is 0 Å². The second kappa shape index (κ2) is 6.60. The van der Waals surface area contributed by atoms with Gasteiger partial charge in [-0.15, -0.1) is 11.3 Å². The summed E-state index contributed by atoms with van der Waals surface area (Å²) in [6.07, 6.45) is 2.23. The Bertz CT molecular complexity index is 365. The number of rotatable bonds is 6. The molecule has 1 aromatic heterocycles. The lowest BCUT2D eigenvalue weighted by atomic mass is 10.2. The quantitative estimate of drug-likeness (QED) is 0.735. The third kappa shape index (κ3) is 4.06. The monoisotopic (exact) mass is 279 g/mol. The fourth-order valence-corrected chi connectivity index (χ4v) is 2.87. The Morgan fingerprint density at radius 3 is 2.69 bits per heavy atom. The van der Waals surface area contributed by atoms with Crippen LogP contribution in [0.25, 0.3) is 0 Å². The van der Waals surface area contributed by atoms with E-state index in [2.05, 4.69) is 6.92 Å². The van der Waals surface area contributed by atoms with Crippen molar-refractivity contribution in [2.75, 3.05) is 20.1 Å². The Morgan fingerprint density at radius 1 is 1.50 bits per heavy atom. The molecule has 1 heterocycles. The highest BCUT2D eigenvalue weighted by atomic mass is 35.5. The van der Waals surface area contributed by atoms with Gasteiger partial charge in [-0.25, -0.2) is 0 Å². The van der Waals surface area contributed by atoms with Crippen molar-refractivity contribution >= 4 is 40.3 Å². The number of nitrogens with zero attached hydrogens (tertiary/aromatic N) is 1. The van der Waals surface area contributed by atoms with Crippen LogP contribution in [0.3, 0.4) is 0 Å². The smallest absolute Gasteiger partial charge is 0.179 e. The number of hydrogen-bond acceptors (Lipinski definition) is 3. The first kappa shape index (κ1) is 14.0. The van der Waals surface area contributed by atoms with Crippen LogP contribution in [-0.2, 0) is 0 Å². The minimum atomic E-state index is 0.0340. The zero-order valence-corrected chi connectivity index (χ0v) is 11.8. The minimum Gasteiger partial charge on any atom is -0.299 e. The predicted octanol–water partition coefficient (Wildman–Crippen LogP) is 3.97. The highest BCUT2D eigenvalue weighted by molar-refractivity contribution is 7.20. The fraction of sp³-hybridized carbons (Fsp3) is 0.545. The molecule has 0 aliphatic heterocycles. The molecule has 0 radical (unpaired) electrons. The number of unbranched alkanes of at least 4 members (excludes halogenated alkanes) is 1. The molecule has 0 aromatic carbocycles. The zero-order valence-electron chi connectivity index (χ0n) is 9.43. The summed E-state index contributed by atoms with van der Waals surface area (Å²) in [5.74, 6) is 0.0340. The number of thiophene rings is 1. The second-order valence-corrected chi connectivity index (χ2v) is 6.04. The van der Waals surface area contributed by atoms with Crippen molar-refractivity contribution in [2.24, 2.45) is 0 Å². The lowest BCUT2D eigenvalue weighted by Gasteiger charge is -2.14. The van der Waals surface area contributed by atoms with E-state index in [1.165, 1.54) is 11.3 Å². The molecule has 0 atom stereocenters. The highest BCUT2D eigenvalue weighted by Gasteiger charge is 2.15. The maximum Gasteiger partial charge on any atom is 0.179 e. The average molecular weight is 280 g/mol. The third-order valence-corrected chi connectivity index (χ3v) is 3.75. The number of ketones is 1. The van der Waals surface area contributed by atoms with E-state index in [0.717, 1.165) is 19.4 Å². The maximum atomic E-state index is 11.9. The Balaban J connectivity index is 2.55. The van der Waals surface area contributed by atoms with Gasteiger partial charge in [0, 0.05) is 0 Å². The molecule has 0 saturated heterocycles. The Kier molecular flexibility index (Phi) is 5.76. The first-order valence-corrected chi connectivity index (χ1v) is 6.78. The van der Waals surface area contributed by atoms with Gasteiger partial charge in [-0.05, 0) is 26.1 Å². The largest absolute Gasteiger partial charge is 0.299 e. The Morgan fingerprint density at radius 2 is 2.19 bits per heavy atom. The third-order valence-electron chi connectivity index (χ3n) is 2.26. The van der Waals surface area contributed by atoms with Crippen LogP contribution in [0.15, 0.2) is 6.07 Å². The van der Waals surface area contributed by atoms with Crippen LogP contribution < -0.4 is 0 Å². The van der Waals surface area contributed by atoms with Gasteiger partial charge in [0.05, 0.1) is 16.4 Å². The molecule has 0 unspecified atom stereocenters.